The fraction of sp³-hybridized carbons (Fsp3) is 0.476. The van der Waals surface area contributed by atoms with E-state index < -0.39 is 5.97 Å². The topological polar surface area (TPSA) is 170 Å². The van der Waals surface area contributed by atoms with Crippen LogP contribution >= 0.6 is 0 Å². The fourth-order valence-electron chi connectivity index (χ4n) is 8.99. The normalized spacial score (nSPS) is 23.6. The first-order valence-electron chi connectivity index (χ1n) is 19.0. The molecule has 0 radical (unpaired) electrons. The Bertz CT molecular complexity index is 1780. The van der Waals surface area contributed by atoms with Crippen LogP contribution in [0.5, 0.6) is 0 Å². The van der Waals surface area contributed by atoms with Crippen LogP contribution in [0.25, 0.3) is 10.8 Å². The van der Waals surface area contributed by atoms with Gasteiger partial charge in [-0.1, -0.05) is 61.7 Å². The molecule has 0 saturated heterocycles. The monoisotopic (exact) mass is 707 g/mol. The number of unbranched alkanes of at least 4 members (excludes halogenated alkanes) is 2. The average molecular weight is 708 g/mol. The number of anilines is 1. The van der Waals surface area contributed by atoms with Gasteiger partial charge in [0.25, 0.3) is 0 Å². The lowest BCUT2D eigenvalue weighted by atomic mass is 9.58. The number of hydrogen-bond donors (Lipinski definition) is 6. The molecule has 276 valence electrons. The van der Waals surface area contributed by atoms with Gasteiger partial charge in [0.05, 0.1) is 12.1 Å². The number of H-pyrrole nitrogens is 1. The number of benzene rings is 2. The molecule has 0 saturated carbocycles. The zero-order chi connectivity index (χ0) is 36.5. The number of aliphatic hydroxyl groups is 1. The molecular formula is C42H53N5O5. The Morgan fingerprint density at radius 2 is 1.92 bits per heavy atom. The van der Waals surface area contributed by atoms with E-state index in [0.29, 0.717) is 37.7 Å². The number of rotatable bonds is 19. The highest BCUT2D eigenvalue weighted by atomic mass is 16.4. The number of aromatic nitrogens is 1. The summed E-state index contributed by atoms with van der Waals surface area (Å²) in [5.74, 6) is 1.19. The third kappa shape index (κ3) is 9.02. The lowest BCUT2D eigenvalue weighted by molar-refractivity contribution is -0.131. The van der Waals surface area contributed by atoms with Crippen molar-refractivity contribution in [2.45, 2.75) is 88.6 Å². The summed E-state index contributed by atoms with van der Waals surface area (Å²) < 4.78 is 0. The number of aliphatic imine (C=N–C) groups is 1. The molecule has 3 aromatic rings. The van der Waals surface area contributed by atoms with Crippen LogP contribution in [-0.2, 0) is 27.2 Å². The highest BCUT2D eigenvalue weighted by Gasteiger charge is 2.43. The largest absolute Gasteiger partial charge is 0.478 e. The van der Waals surface area contributed by atoms with Crippen LogP contribution < -0.4 is 16.4 Å². The minimum atomic E-state index is -0.992. The van der Waals surface area contributed by atoms with Gasteiger partial charge in [-0.15, -0.1) is 0 Å². The van der Waals surface area contributed by atoms with Crippen molar-refractivity contribution in [1.82, 2.24) is 10.3 Å². The summed E-state index contributed by atoms with van der Waals surface area (Å²) in [4.78, 5) is 42.9. The molecule has 0 amide bonds. The fourth-order valence-corrected chi connectivity index (χ4v) is 8.99. The molecule has 7 unspecified atom stereocenters. The predicted octanol–water partition coefficient (Wildman–Crippen LogP) is 6.06. The highest BCUT2D eigenvalue weighted by Crippen LogP contribution is 2.52. The molecule has 10 nitrogen and oxygen atoms in total. The smallest absolute Gasteiger partial charge is 0.328 e. The quantitative estimate of drug-likeness (QED) is 0.0378. The Morgan fingerprint density at radius 1 is 1.06 bits per heavy atom. The first-order valence-corrected chi connectivity index (χ1v) is 19.0. The van der Waals surface area contributed by atoms with Crippen molar-refractivity contribution in [3.63, 3.8) is 0 Å². The van der Waals surface area contributed by atoms with Crippen molar-refractivity contribution < 1.29 is 24.6 Å². The minimum Gasteiger partial charge on any atom is -0.478 e. The van der Waals surface area contributed by atoms with E-state index in [1.165, 1.54) is 22.6 Å². The average Bonchev–Trinajstić information content (AvgIpc) is 3.65. The first-order chi connectivity index (χ1) is 25.4. The molecule has 2 bridgehead atoms. The Balaban J connectivity index is 1.33. The summed E-state index contributed by atoms with van der Waals surface area (Å²) in [6, 6.07) is 14.4. The molecule has 1 aliphatic heterocycles. The van der Waals surface area contributed by atoms with Crippen LogP contribution in [0, 0.1) is 23.7 Å². The molecule has 0 fully saturated rings. The van der Waals surface area contributed by atoms with Gasteiger partial charge in [-0.3, -0.25) is 4.99 Å². The number of nitrogens with two attached hydrogens (primary N) is 1. The van der Waals surface area contributed by atoms with Crippen molar-refractivity contribution in [2.75, 3.05) is 18.5 Å². The molecular weight excluding hydrogens is 654 g/mol. The van der Waals surface area contributed by atoms with Crippen LogP contribution in [0.15, 0.2) is 77.5 Å². The number of carbonyl (C=O) groups is 3. The molecule has 10 heteroatoms. The van der Waals surface area contributed by atoms with Gasteiger partial charge in [0.1, 0.15) is 18.4 Å². The minimum absolute atomic E-state index is 0.00640. The maximum Gasteiger partial charge on any atom is 0.328 e. The number of aliphatic hydroxyl groups excluding tert-OH is 1. The van der Waals surface area contributed by atoms with Gasteiger partial charge >= 0.3 is 5.97 Å². The number of fused-ring (bicyclic) bond motifs is 5. The summed E-state index contributed by atoms with van der Waals surface area (Å²) in [6.45, 7) is 0.641. The summed E-state index contributed by atoms with van der Waals surface area (Å²) in [7, 11) is 0. The number of carboxylic acid groups (broad SMARTS) is 1. The molecule has 2 heterocycles. The van der Waals surface area contributed by atoms with Gasteiger partial charge in [0.15, 0.2) is 5.96 Å². The van der Waals surface area contributed by atoms with E-state index in [-0.39, 0.29) is 42.4 Å². The van der Waals surface area contributed by atoms with Gasteiger partial charge in [0.2, 0.25) is 0 Å². The Kier molecular flexibility index (Phi) is 12.6. The maximum atomic E-state index is 12.4. The lowest BCUT2D eigenvalue weighted by Crippen LogP contribution is -2.49. The second kappa shape index (κ2) is 17.7. The molecule has 6 rings (SSSR count). The Labute approximate surface area is 306 Å². The number of aldehydes is 2. The van der Waals surface area contributed by atoms with Crippen LogP contribution in [-0.4, -0.2) is 64.9 Å². The highest BCUT2D eigenvalue weighted by molar-refractivity contribution is 5.86. The second-order valence-corrected chi connectivity index (χ2v) is 14.9. The summed E-state index contributed by atoms with van der Waals surface area (Å²) >= 11 is 0. The van der Waals surface area contributed by atoms with E-state index in [1.807, 2.05) is 24.4 Å². The second-order valence-electron chi connectivity index (χ2n) is 14.9. The Morgan fingerprint density at radius 3 is 2.67 bits per heavy atom. The Hall–Kier alpha value is -4.70. The van der Waals surface area contributed by atoms with Gasteiger partial charge in [-0.05, 0) is 114 Å². The SMILES string of the molecule is NC1=NCCC(C(=CC(=O)O)C(CC2C3C=CC(CCCCCC(C=O)CCCO)C2c2cc4cc(CC=O)ccc4cc2C3)Nc2ccc[nH]2)N1. The van der Waals surface area contributed by atoms with Crippen molar-refractivity contribution in [2.24, 2.45) is 34.4 Å². The number of carboxylic acids is 1. The number of hydrogen-bond acceptors (Lipinski definition) is 8. The van der Waals surface area contributed by atoms with Crippen molar-refractivity contribution in [3.05, 3.63) is 89.2 Å². The van der Waals surface area contributed by atoms with Crippen LogP contribution in [0.3, 0.4) is 0 Å². The van der Waals surface area contributed by atoms with Crippen LogP contribution in [0.2, 0.25) is 0 Å². The number of aromatic amines is 1. The zero-order valence-electron chi connectivity index (χ0n) is 29.9. The summed E-state index contributed by atoms with van der Waals surface area (Å²) in [5.41, 5.74) is 10.6. The van der Waals surface area contributed by atoms with Gasteiger partial charge in [-0.2, -0.15) is 0 Å². The van der Waals surface area contributed by atoms with Crippen molar-refractivity contribution >= 4 is 41.1 Å². The third-order valence-corrected chi connectivity index (χ3v) is 11.5. The molecule has 2 aromatic carbocycles. The summed E-state index contributed by atoms with van der Waals surface area (Å²) in [6.07, 6.45) is 19.0. The molecule has 3 aliphatic rings. The molecule has 1 aromatic heterocycles. The first kappa shape index (κ1) is 37.1. The van der Waals surface area contributed by atoms with Crippen molar-refractivity contribution in [3.8, 4) is 0 Å². The summed E-state index contributed by atoms with van der Waals surface area (Å²) in [5, 5.41) is 28.6. The molecule has 7 N–H and O–H groups in total. The number of nitrogens with one attached hydrogen (secondary N) is 3. The van der Waals surface area contributed by atoms with E-state index >= 15 is 0 Å². The van der Waals surface area contributed by atoms with Gasteiger partial charge < -0.3 is 41.2 Å². The number of nitrogens with zero attached hydrogens (tertiary/aromatic N) is 1. The van der Waals surface area contributed by atoms with E-state index in [4.69, 9.17) is 5.73 Å². The van der Waals surface area contributed by atoms with Crippen LogP contribution in [0.4, 0.5) is 5.82 Å². The molecule has 7 atom stereocenters. The van der Waals surface area contributed by atoms with E-state index in [9.17, 15) is 24.6 Å². The zero-order valence-corrected chi connectivity index (χ0v) is 29.9. The van der Waals surface area contributed by atoms with E-state index in [0.717, 1.165) is 86.3 Å². The third-order valence-electron chi connectivity index (χ3n) is 11.5. The number of aliphatic carboxylic acids is 1. The lowest BCUT2D eigenvalue weighted by Gasteiger charge is -2.47. The number of allylic oxidation sites excluding steroid dienone is 2. The van der Waals surface area contributed by atoms with E-state index in [1.54, 1.807) is 0 Å². The number of guanidine groups is 1. The maximum absolute atomic E-state index is 12.4. The van der Waals surface area contributed by atoms with Gasteiger partial charge in [-0.25, -0.2) is 4.79 Å². The van der Waals surface area contributed by atoms with Crippen molar-refractivity contribution in [1.29, 1.82) is 0 Å². The number of carbonyl (C=O) groups excluding carboxylic acids is 2. The van der Waals surface area contributed by atoms with E-state index in [2.05, 4.69) is 57.0 Å². The molecule has 2 aliphatic carbocycles. The van der Waals surface area contributed by atoms with Crippen LogP contribution in [0.1, 0.15) is 80.4 Å². The standard InChI is InChI=1S/C42H53N5O5/c43-42-45-17-14-37(47-42)36(25-40(51)52)38(46-39-9-4-16-44-39)24-35-31-13-12-29(8-3-1-2-6-28(26-50)7-5-18-48)41(35)34-23-32-20-27(15-19-49)10-11-30(32)21-33(34)22-31/h4,9-13,16,19-21,23,25-26,28-29,31,35,37-38,41,44,46,48H,1-3,5-8,14-15,17-18,22,24H2,(H,51,52)(H3,43,45,47). The van der Waals surface area contributed by atoms with Gasteiger partial charge in [0, 0.05) is 37.8 Å². The molecule has 52 heavy (non-hydrogen) atoms. The molecule has 0 spiro atoms. The predicted molar refractivity (Wildman–Crippen MR) is 205 cm³/mol.